The third-order valence-corrected chi connectivity index (χ3v) is 4.87. The molecule has 0 fully saturated rings. The van der Waals surface area contributed by atoms with Crippen LogP contribution in [0, 0.1) is 0 Å². The fourth-order valence-electron chi connectivity index (χ4n) is 2.64. The third-order valence-electron chi connectivity index (χ3n) is 3.89. The Morgan fingerprint density at radius 3 is 2.64 bits per heavy atom. The van der Waals surface area contributed by atoms with Gasteiger partial charge in [-0.15, -0.1) is 0 Å². The van der Waals surface area contributed by atoms with Crippen LogP contribution in [0.25, 0.3) is 10.9 Å². The predicted octanol–water partition coefficient (Wildman–Crippen LogP) is 0.257. The lowest BCUT2D eigenvalue weighted by molar-refractivity contribution is -0.858. The standard InChI is InChI=1S/C19H27N5O3S/c1-13(2)20-18(27)22-16(25)12-28-19-21-15-9-6-5-8-14(15)17(26)24(19)11-7-10-23(3)4/h5-6,8-9,13H,7,10-12H2,1-4H3,(H2,20,22,25,27)/p+1. The van der Waals surface area contributed by atoms with E-state index in [1.165, 1.54) is 4.90 Å². The molecule has 1 aromatic carbocycles. The average Bonchev–Trinajstić information content (AvgIpc) is 2.61. The zero-order chi connectivity index (χ0) is 20.7. The number of benzene rings is 1. The van der Waals surface area contributed by atoms with Gasteiger partial charge < -0.3 is 10.2 Å². The normalized spacial score (nSPS) is 11.2. The Morgan fingerprint density at radius 1 is 1.25 bits per heavy atom. The van der Waals surface area contributed by atoms with Crippen LogP contribution in [-0.4, -0.2) is 53.9 Å². The molecule has 9 heteroatoms. The van der Waals surface area contributed by atoms with E-state index in [0.717, 1.165) is 24.7 Å². The van der Waals surface area contributed by atoms with Crippen LogP contribution in [-0.2, 0) is 11.3 Å². The van der Waals surface area contributed by atoms with Crippen molar-refractivity contribution in [3.05, 3.63) is 34.6 Å². The largest absolute Gasteiger partial charge is 0.340 e. The van der Waals surface area contributed by atoms with Crippen molar-refractivity contribution < 1.29 is 14.5 Å². The Balaban J connectivity index is 2.18. The Hall–Kier alpha value is -2.39. The molecule has 0 radical (unpaired) electrons. The molecular formula is C19H28N5O3S+. The van der Waals surface area contributed by atoms with Gasteiger partial charge in [-0.05, 0) is 26.0 Å². The zero-order valence-corrected chi connectivity index (χ0v) is 17.6. The van der Waals surface area contributed by atoms with Crippen LogP contribution >= 0.6 is 11.8 Å². The van der Waals surface area contributed by atoms with Crippen molar-refractivity contribution in [1.82, 2.24) is 20.2 Å². The lowest BCUT2D eigenvalue weighted by Crippen LogP contribution is -3.05. The molecule has 0 saturated heterocycles. The van der Waals surface area contributed by atoms with Crippen molar-refractivity contribution in [2.45, 2.75) is 38.0 Å². The van der Waals surface area contributed by atoms with Crippen molar-refractivity contribution in [3.8, 4) is 0 Å². The number of thioether (sulfide) groups is 1. The quantitative estimate of drug-likeness (QED) is 0.432. The van der Waals surface area contributed by atoms with Gasteiger partial charge in [-0.25, -0.2) is 9.78 Å². The highest BCUT2D eigenvalue weighted by Gasteiger charge is 2.15. The smallest absolute Gasteiger partial charge is 0.321 e. The Morgan fingerprint density at radius 2 is 1.96 bits per heavy atom. The monoisotopic (exact) mass is 406 g/mol. The molecule has 2 aromatic rings. The molecule has 0 aliphatic rings. The van der Waals surface area contributed by atoms with E-state index >= 15 is 0 Å². The molecule has 0 spiro atoms. The number of carbonyl (C=O) groups excluding carboxylic acids is 2. The maximum absolute atomic E-state index is 12.9. The zero-order valence-electron chi connectivity index (χ0n) is 16.7. The van der Waals surface area contributed by atoms with E-state index in [-0.39, 0.29) is 17.4 Å². The minimum absolute atomic E-state index is 0.00474. The van der Waals surface area contributed by atoms with Crippen LogP contribution in [0.5, 0.6) is 0 Å². The molecule has 152 valence electrons. The Labute approximate surface area is 168 Å². The molecular weight excluding hydrogens is 378 g/mol. The topological polar surface area (TPSA) is 97.5 Å². The fourth-order valence-corrected chi connectivity index (χ4v) is 3.46. The van der Waals surface area contributed by atoms with Gasteiger partial charge in [0.2, 0.25) is 5.91 Å². The number of para-hydroxylation sites is 1. The molecule has 8 nitrogen and oxygen atoms in total. The molecule has 0 bridgehead atoms. The van der Waals surface area contributed by atoms with Crippen LogP contribution in [0.15, 0.2) is 34.2 Å². The van der Waals surface area contributed by atoms with E-state index in [1.807, 2.05) is 26.0 Å². The molecule has 0 aliphatic heterocycles. The summed E-state index contributed by atoms with van der Waals surface area (Å²) < 4.78 is 1.62. The van der Waals surface area contributed by atoms with Crippen molar-refractivity contribution >= 4 is 34.6 Å². The molecule has 1 aromatic heterocycles. The van der Waals surface area contributed by atoms with Crippen molar-refractivity contribution in [2.75, 3.05) is 26.4 Å². The van der Waals surface area contributed by atoms with Gasteiger partial charge >= 0.3 is 6.03 Å². The van der Waals surface area contributed by atoms with Gasteiger partial charge in [0.15, 0.2) is 5.16 Å². The number of imide groups is 1. The van der Waals surface area contributed by atoms with E-state index in [1.54, 1.807) is 16.7 Å². The van der Waals surface area contributed by atoms with E-state index < -0.39 is 11.9 Å². The van der Waals surface area contributed by atoms with Crippen LogP contribution in [0.3, 0.4) is 0 Å². The lowest BCUT2D eigenvalue weighted by Gasteiger charge is -2.14. The molecule has 0 aliphatic carbocycles. The number of aromatic nitrogens is 2. The first kappa shape index (κ1) is 21.9. The minimum Gasteiger partial charge on any atom is -0.340 e. The van der Waals surface area contributed by atoms with E-state index in [4.69, 9.17) is 0 Å². The molecule has 0 unspecified atom stereocenters. The van der Waals surface area contributed by atoms with E-state index in [0.29, 0.717) is 22.6 Å². The van der Waals surface area contributed by atoms with Crippen molar-refractivity contribution in [2.24, 2.45) is 0 Å². The summed E-state index contributed by atoms with van der Waals surface area (Å²) in [5, 5.41) is 5.93. The molecule has 3 N–H and O–H groups in total. The number of rotatable bonds is 8. The van der Waals surface area contributed by atoms with Crippen LogP contribution in [0.4, 0.5) is 4.79 Å². The van der Waals surface area contributed by atoms with Crippen LogP contribution in [0.2, 0.25) is 0 Å². The summed E-state index contributed by atoms with van der Waals surface area (Å²) in [6.07, 6.45) is 0.818. The summed E-state index contributed by atoms with van der Waals surface area (Å²) in [5.74, 6) is -0.440. The number of fused-ring (bicyclic) bond motifs is 1. The summed E-state index contributed by atoms with van der Waals surface area (Å²) in [7, 11) is 4.12. The number of hydrogen-bond acceptors (Lipinski definition) is 5. The number of urea groups is 1. The first-order chi connectivity index (χ1) is 13.3. The number of carbonyl (C=O) groups is 2. The first-order valence-electron chi connectivity index (χ1n) is 9.29. The second-order valence-electron chi connectivity index (χ2n) is 7.14. The minimum atomic E-state index is -0.529. The summed E-state index contributed by atoms with van der Waals surface area (Å²) in [4.78, 5) is 42.5. The van der Waals surface area contributed by atoms with Gasteiger partial charge in [0.05, 0.1) is 37.3 Å². The van der Waals surface area contributed by atoms with Crippen LogP contribution < -0.4 is 21.1 Å². The van der Waals surface area contributed by atoms with Crippen molar-refractivity contribution in [3.63, 3.8) is 0 Å². The maximum atomic E-state index is 12.9. The van der Waals surface area contributed by atoms with Gasteiger partial charge in [0.25, 0.3) is 5.56 Å². The summed E-state index contributed by atoms with van der Waals surface area (Å²) >= 11 is 1.16. The van der Waals surface area contributed by atoms with Gasteiger partial charge in [0.1, 0.15) is 0 Å². The number of quaternary nitrogens is 1. The highest BCUT2D eigenvalue weighted by molar-refractivity contribution is 7.99. The summed E-state index contributed by atoms with van der Waals surface area (Å²) in [5.41, 5.74) is 0.488. The summed E-state index contributed by atoms with van der Waals surface area (Å²) in [6, 6.07) is 6.59. The first-order valence-corrected chi connectivity index (χ1v) is 10.3. The second kappa shape index (κ2) is 10.2. The number of nitrogens with zero attached hydrogens (tertiary/aromatic N) is 2. The molecule has 0 saturated carbocycles. The van der Waals surface area contributed by atoms with Gasteiger partial charge in [-0.1, -0.05) is 23.9 Å². The average molecular weight is 407 g/mol. The molecule has 1 heterocycles. The molecule has 2 rings (SSSR count). The predicted molar refractivity (Wildman–Crippen MR) is 111 cm³/mol. The number of amides is 3. The highest BCUT2D eigenvalue weighted by Crippen LogP contribution is 2.17. The second-order valence-corrected chi connectivity index (χ2v) is 8.09. The van der Waals surface area contributed by atoms with Crippen molar-refractivity contribution in [1.29, 1.82) is 0 Å². The van der Waals surface area contributed by atoms with Gasteiger partial charge in [-0.2, -0.15) is 0 Å². The Kier molecular flexibility index (Phi) is 8.01. The van der Waals surface area contributed by atoms with Gasteiger partial charge in [0, 0.05) is 19.0 Å². The highest BCUT2D eigenvalue weighted by atomic mass is 32.2. The molecule has 28 heavy (non-hydrogen) atoms. The van der Waals surface area contributed by atoms with E-state index in [9.17, 15) is 14.4 Å². The Bertz CT molecular complexity index is 895. The number of nitrogens with one attached hydrogen (secondary N) is 3. The fraction of sp³-hybridized carbons (Fsp3) is 0.474. The number of hydrogen-bond donors (Lipinski definition) is 3. The third kappa shape index (κ3) is 6.35. The summed E-state index contributed by atoms with van der Waals surface area (Å²) in [6.45, 7) is 5.07. The lowest BCUT2D eigenvalue weighted by atomic mass is 10.2. The maximum Gasteiger partial charge on any atom is 0.321 e. The molecule has 0 atom stereocenters. The molecule has 3 amide bonds. The van der Waals surface area contributed by atoms with E-state index in [2.05, 4.69) is 29.7 Å². The van der Waals surface area contributed by atoms with Crippen LogP contribution in [0.1, 0.15) is 20.3 Å². The van der Waals surface area contributed by atoms with Gasteiger partial charge in [-0.3, -0.25) is 19.5 Å². The SMILES string of the molecule is CC(C)NC(=O)NC(=O)CSc1nc2ccccc2c(=O)n1CCC[NH+](C)C.